The highest BCUT2D eigenvalue weighted by atomic mass is 35.5. The van der Waals surface area contributed by atoms with E-state index in [0.29, 0.717) is 5.92 Å². The number of rotatable bonds is 4. The molecule has 4 nitrogen and oxygen atoms in total. The lowest BCUT2D eigenvalue weighted by atomic mass is 9.76. The SMILES string of the molecule is CN(c1ccc2c(c1)CCCC2(C)N1CCC(c2ccccc2)C1)S(C)(=O)=O.Cl. The number of likely N-dealkylation sites (tertiary alicyclic amines) is 1. The van der Waals surface area contributed by atoms with Crippen LogP contribution in [0.25, 0.3) is 0 Å². The summed E-state index contributed by atoms with van der Waals surface area (Å²) in [5.41, 5.74) is 4.89. The molecule has 0 spiro atoms. The molecule has 0 radical (unpaired) electrons. The minimum Gasteiger partial charge on any atom is -0.293 e. The maximum Gasteiger partial charge on any atom is 0.231 e. The van der Waals surface area contributed by atoms with Crippen molar-refractivity contribution in [1.82, 2.24) is 4.90 Å². The van der Waals surface area contributed by atoms with Crippen molar-refractivity contribution in [3.63, 3.8) is 0 Å². The number of nitrogens with zero attached hydrogens (tertiary/aromatic N) is 2. The van der Waals surface area contributed by atoms with E-state index in [1.165, 1.54) is 33.7 Å². The van der Waals surface area contributed by atoms with Gasteiger partial charge in [-0.2, -0.15) is 0 Å². The first-order valence-electron chi connectivity index (χ1n) is 10.2. The van der Waals surface area contributed by atoms with Gasteiger partial charge in [-0.05, 0) is 73.9 Å². The second kappa shape index (κ2) is 8.29. The van der Waals surface area contributed by atoms with E-state index >= 15 is 0 Å². The predicted octanol–water partition coefficient (Wildman–Crippen LogP) is 4.55. The van der Waals surface area contributed by atoms with Crippen molar-refractivity contribution in [3.8, 4) is 0 Å². The Hall–Kier alpha value is -1.56. The Labute approximate surface area is 181 Å². The van der Waals surface area contributed by atoms with E-state index in [-0.39, 0.29) is 17.9 Å². The third-order valence-electron chi connectivity index (χ3n) is 6.80. The van der Waals surface area contributed by atoms with Gasteiger partial charge in [0, 0.05) is 19.1 Å². The molecule has 0 aromatic heterocycles. The largest absolute Gasteiger partial charge is 0.293 e. The summed E-state index contributed by atoms with van der Waals surface area (Å²) in [6.45, 7) is 4.57. The summed E-state index contributed by atoms with van der Waals surface area (Å²) in [7, 11) is -1.61. The molecule has 29 heavy (non-hydrogen) atoms. The van der Waals surface area contributed by atoms with Gasteiger partial charge in [0.1, 0.15) is 0 Å². The smallest absolute Gasteiger partial charge is 0.231 e. The molecule has 2 aliphatic rings. The van der Waals surface area contributed by atoms with Gasteiger partial charge in [-0.25, -0.2) is 8.42 Å². The summed E-state index contributed by atoms with van der Waals surface area (Å²) >= 11 is 0. The summed E-state index contributed by atoms with van der Waals surface area (Å²) in [4.78, 5) is 2.66. The lowest BCUT2D eigenvalue weighted by Gasteiger charge is -2.44. The minimum atomic E-state index is -3.24. The zero-order valence-electron chi connectivity index (χ0n) is 17.5. The summed E-state index contributed by atoms with van der Waals surface area (Å²) in [6.07, 6.45) is 5.77. The van der Waals surface area contributed by atoms with Crippen LogP contribution in [0.4, 0.5) is 5.69 Å². The number of hydrogen-bond acceptors (Lipinski definition) is 3. The molecule has 2 atom stereocenters. The van der Waals surface area contributed by atoms with Crippen molar-refractivity contribution in [1.29, 1.82) is 0 Å². The van der Waals surface area contributed by atoms with Crippen LogP contribution >= 0.6 is 12.4 Å². The molecule has 6 heteroatoms. The minimum absolute atomic E-state index is 0. The Morgan fingerprint density at radius 1 is 1.14 bits per heavy atom. The molecule has 1 heterocycles. The Morgan fingerprint density at radius 3 is 2.55 bits per heavy atom. The van der Waals surface area contributed by atoms with Gasteiger partial charge >= 0.3 is 0 Å². The monoisotopic (exact) mass is 434 g/mol. The third-order valence-corrected chi connectivity index (χ3v) is 8.00. The zero-order valence-corrected chi connectivity index (χ0v) is 19.1. The Morgan fingerprint density at radius 2 is 1.86 bits per heavy atom. The average molecular weight is 435 g/mol. The summed E-state index contributed by atoms with van der Waals surface area (Å²) < 4.78 is 25.2. The van der Waals surface area contributed by atoms with E-state index in [2.05, 4.69) is 54.3 Å². The van der Waals surface area contributed by atoms with Gasteiger partial charge in [0.2, 0.25) is 10.0 Å². The van der Waals surface area contributed by atoms with Gasteiger partial charge < -0.3 is 0 Å². The number of aryl methyl sites for hydroxylation is 1. The van der Waals surface area contributed by atoms with E-state index in [4.69, 9.17) is 0 Å². The van der Waals surface area contributed by atoms with Crippen molar-refractivity contribution < 1.29 is 8.42 Å². The van der Waals surface area contributed by atoms with E-state index < -0.39 is 10.0 Å². The zero-order chi connectivity index (χ0) is 19.9. The Bertz CT molecular complexity index is 964. The first-order chi connectivity index (χ1) is 13.3. The van der Waals surface area contributed by atoms with Crippen LogP contribution < -0.4 is 4.31 Å². The van der Waals surface area contributed by atoms with Crippen molar-refractivity contribution in [2.75, 3.05) is 30.7 Å². The molecule has 4 rings (SSSR count). The molecule has 0 bridgehead atoms. The molecule has 1 aliphatic heterocycles. The van der Waals surface area contributed by atoms with Gasteiger partial charge in [-0.1, -0.05) is 36.4 Å². The van der Waals surface area contributed by atoms with Crippen LogP contribution in [0, 0.1) is 0 Å². The Kier molecular flexibility index (Phi) is 6.32. The lowest BCUT2D eigenvalue weighted by Crippen LogP contribution is -2.44. The van der Waals surface area contributed by atoms with Gasteiger partial charge in [0.25, 0.3) is 0 Å². The molecular formula is C23H31ClN2O2S. The highest BCUT2D eigenvalue weighted by Gasteiger charge is 2.41. The number of hydrogen-bond donors (Lipinski definition) is 0. The van der Waals surface area contributed by atoms with Gasteiger partial charge in [-0.15, -0.1) is 12.4 Å². The maximum absolute atomic E-state index is 11.9. The van der Waals surface area contributed by atoms with E-state index in [1.54, 1.807) is 7.05 Å². The first-order valence-corrected chi connectivity index (χ1v) is 12.0. The van der Waals surface area contributed by atoms with Crippen molar-refractivity contribution in [2.45, 2.75) is 44.1 Å². The molecule has 1 fully saturated rings. The van der Waals surface area contributed by atoms with E-state index in [1.807, 2.05) is 6.07 Å². The van der Waals surface area contributed by atoms with Gasteiger partial charge in [0.15, 0.2) is 0 Å². The molecular weight excluding hydrogens is 404 g/mol. The highest BCUT2D eigenvalue weighted by molar-refractivity contribution is 7.92. The summed E-state index contributed by atoms with van der Waals surface area (Å²) in [5, 5.41) is 0. The number of anilines is 1. The third kappa shape index (κ3) is 4.18. The normalized spacial score (nSPS) is 24.6. The fourth-order valence-electron chi connectivity index (χ4n) is 4.99. The van der Waals surface area contributed by atoms with Crippen LogP contribution in [0.5, 0.6) is 0 Å². The second-order valence-electron chi connectivity index (χ2n) is 8.54. The Balaban J connectivity index is 0.00000240. The van der Waals surface area contributed by atoms with Crippen LogP contribution in [-0.4, -0.2) is 39.7 Å². The fourth-order valence-corrected chi connectivity index (χ4v) is 5.49. The van der Waals surface area contributed by atoms with Crippen LogP contribution in [0.1, 0.15) is 48.8 Å². The second-order valence-corrected chi connectivity index (χ2v) is 10.6. The number of fused-ring (bicyclic) bond motifs is 1. The molecule has 1 aliphatic carbocycles. The van der Waals surface area contributed by atoms with Crippen LogP contribution in [0.15, 0.2) is 48.5 Å². The maximum atomic E-state index is 11.9. The van der Waals surface area contributed by atoms with Crippen molar-refractivity contribution in [2.24, 2.45) is 0 Å². The number of benzene rings is 2. The number of halogens is 1. The predicted molar refractivity (Wildman–Crippen MR) is 123 cm³/mol. The van der Waals surface area contributed by atoms with Gasteiger partial charge in [-0.3, -0.25) is 9.21 Å². The molecule has 2 aromatic carbocycles. The lowest BCUT2D eigenvalue weighted by molar-refractivity contribution is 0.111. The van der Waals surface area contributed by atoms with Crippen LogP contribution in [0.2, 0.25) is 0 Å². The molecule has 2 aromatic rings. The topological polar surface area (TPSA) is 40.6 Å². The van der Waals surface area contributed by atoms with E-state index in [9.17, 15) is 8.42 Å². The van der Waals surface area contributed by atoms with Crippen molar-refractivity contribution >= 4 is 28.1 Å². The van der Waals surface area contributed by atoms with Crippen LogP contribution in [-0.2, 0) is 22.0 Å². The quantitative estimate of drug-likeness (QED) is 0.708. The average Bonchev–Trinajstić information content (AvgIpc) is 3.18. The molecule has 158 valence electrons. The van der Waals surface area contributed by atoms with E-state index in [0.717, 1.165) is 38.0 Å². The summed E-state index contributed by atoms with van der Waals surface area (Å²) in [5.74, 6) is 0.596. The fraction of sp³-hybridized carbons (Fsp3) is 0.478. The molecule has 0 N–H and O–H groups in total. The number of sulfonamides is 1. The molecule has 0 amide bonds. The van der Waals surface area contributed by atoms with Gasteiger partial charge in [0.05, 0.1) is 11.9 Å². The molecule has 2 unspecified atom stereocenters. The first kappa shape index (κ1) is 22.1. The van der Waals surface area contributed by atoms with Crippen molar-refractivity contribution in [3.05, 3.63) is 65.2 Å². The molecule has 0 saturated carbocycles. The van der Waals surface area contributed by atoms with Crippen LogP contribution in [0.3, 0.4) is 0 Å². The summed E-state index contributed by atoms with van der Waals surface area (Å²) in [6, 6.07) is 17.1. The standard InChI is InChI=1S/C23H30N2O2S.ClH/c1-23(25-15-13-20(17-25)18-8-5-4-6-9-18)14-7-10-19-16-21(11-12-22(19)23)24(2)28(3,26)27;/h4-6,8-9,11-12,16,20H,7,10,13-15,17H2,1-3H3;1H. The highest BCUT2D eigenvalue weighted by Crippen LogP contribution is 2.44. The molecule has 1 saturated heterocycles.